The van der Waals surface area contributed by atoms with E-state index >= 15 is 0 Å². The lowest BCUT2D eigenvalue weighted by Crippen LogP contribution is -2.21. The van der Waals surface area contributed by atoms with E-state index in [1.807, 2.05) is 18.2 Å². The molecule has 0 aliphatic heterocycles. The Morgan fingerprint density at radius 3 is 2.44 bits per heavy atom. The van der Waals surface area contributed by atoms with Crippen LogP contribution in [0.1, 0.15) is 43.3 Å². The Bertz CT molecular complexity index is 1510. The van der Waals surface area contributed by atoms with E-state index in [-0.39, 0.29) is 36.7 Å². The average molecular weight is 548 g/mol. The topological polar surface area (TPSA) is 146 Å². The first kappa shape index (κ1) is 26.1. The SMILES string of the molecule is CCN(CC)c1ccc(-c2nnc(C3C(=O)CCC3=O)s2)c(OCc2cn(-c3ccc([N+](=O)[O-])cc3)nn2)c1. The van der Waals surface area contributed by atoms with Gasteiger partial charge in [0.2, 0.25) is 0 Å². The molecule has 1 saturated carbocycles. The number of nitro benzene ring substituents is 1. The van der Waals surface area contributed by atoms with Crippen LogP contribution in [0.4, 0.5) is 11.4 Å². The quantitative estimate of drug-likeness (QED) is 0.161. The van der Waals surface area contributed by atoms with Crippen LogP contribution < -0.4 is 9.64 Å². The van der Waals surface area contributed by atoms with Gasteiger partial charge in [-0.15, -0.1) is 15.3 Å². The summed E-state index contributed by atoms with van der Waals surface area (Å²) in [4.78, 5) is 37.1. The van der Waals surface area contributed by atoms with Gasteiger partial charge in [-0.1, -0.05) is 16.6 Å². The molecule has 0 atom stereocenters. The predicted molar refractivity (Wildman–Crippen MR) is 143 cm³/mol. The molecule has 2 aromatic heterocycles. The van der Waals surface area contributed by atoms with Gasteiger partial charge in [-0.25, -0.2) is 4.68 Å². The van der Waals surface area contributed by atoms with Gasteiger partial charge in [0, 0.05) is 49.8 Å². The van der Waals surface area contributed by atoms with Crippen LogP contribution in [-0.4, -0.2) is 54.8 Å². The Balaban J connectivity index is 1.40. The van der Waals surface area contributed by atoms with Crippen molar-refractivity contribution in [3.05, 3.63) is 69.5 Å². The Labute approximate surface area is 227 Å². The third-order valence-corrected chi connectivity index (χ3v) is 7.54. The molecule has 1 aliphatic rings. The first-order valence-corrected chi connectivity index (χ1v) is 13.3. The minimum absolute atomic E-state index is 0.00969. The lowest BCUT2D eigenvalue weighted by Gasteiger charge is -2.22. The van der Waals surface area contributed by atoms with Crippen molar-refractivity contribution < 1.29 is 19.2 Å². The molecule has 2 heterocycles. The number of nitro groups is 1. The second kappa shape index (κ2) is 11.1. The van der Waals surface area contributed by atoms with Crippen LogP contribution in [0.15, 0.2) is 48.7 Å². The van der Waals surface area contributed by atoms with E-state index in [1.165, 1.54) is 28.2 Å². The Hall–Kier alpha value is -4.52. The fourth-order valence-corrected chi connectivity index (χ4v) is 5.43. The number of anilines is 1. The molecule has 1 fully saturated rings. The fraction of sp³-hybridized carbons (Fsp3) is 0.308. The summed E-state index contributed by atoms with van der Waals surface area (Å²) >= 11 is 1.22. The molecule has 0 amide bonds. The smallest absolute Gasteiger partial charge is 0.269 e. The molecule has 0 spiro atoms. The van der Waals surface area contributed by atoms with Gasteiger partial charge in [-0.2, -0.15) is 0 Å². The molecule has 0 bridgehead atoms. The minimum atomic E-state index is -0.829. The summed E-state index contributed by atoms with van der Waals surface area (Å²) < 4.78 is 7.72. The first-order chi connectivity index (χ1) is 18.9. The van der Waals surface area contributed by atoms with E-state index in [4.69, 9.17) is 4.74 Å². The van der Waals surface area contributed by atoms with Crippen molar-refractivity contribution in [3.8, 4) is 22.0 Å². The summed E-state index contributed by atoms with van der Waals surface area (Å²) in [5.41, 5.74) is 2.83. The number of rotatable bonds is 10. The molecule has 0 unspecified atom stereocenters. The van der Waals surface area contributed by atoms with Crippen molar-refractivity contribution in [1.82, 2.24) is 25.2 Å². The molecule has 0 N–H and O–H groups in total. The maximum Gasteiger partial charge on any atom is 0.269 e. The van der Waals surface area contributed by atoms with Crippen molar-refractivity contribution in [2.24, 2.45) is 0 Å². The molecule has 5 rings (SSSR count). The lowest BCUT2D eigenvalue weighted by molar-refractivity contribution is -0.384. The van der Waals surface area contributed by atoms with Gasteiger partial charge in [0.05, 0.1) is 22.4 Å². The minimum Gasteiger partial charge on any atom is -0.486 e. The van der Waals surface area contributed by atoms with Gasteiger partial charge in [0.15, 0.2) is 16.6 Å². The van der Waals surface area contributed by atoms with Gasteiger partial charge in [0.1, 0.15) is 29.0 Å². The largest absolute Gasteiger partial charge is 0.486 e. The van der Waals surface area contributed by atoms with Crippen LogP contribution in [-0.2, 0) is 16.2 Å². The zero-order valence-electron chi connectivity index (χ0n) is 21.3. The van der Waals surface area contributed by atoms with Crippen molar-refractivity contribution >= 4 is 34.3 Å². The summed E-state index contributed by atoms with van der Waals surface area (Å²) in [7, 11) is 0. The number of hydrogen-bond donors (Lipinski definition) is 0. The summed E-state index contributed by atoms with van der Waals surface area (Å²) in [6.07, 6.45) is 2.17. The highest BCUT2D eigenvalue weighted by molar-refractivity contribution is 7.15. The molecule has 39 heavy (non-hydrogen) atoms. The summed E-state index contributed by atoms with van der Waals surface area (Å²) in [5, 5.41) is 28.6. The summed E-state index contributed by atoms with van der Waals surface area (Å²) in [6, 6.07) is 11.8. The normalized spacial score (nSPS) is 13.7. The maximum absolute atomic E-state index is 12.2. The predicted octanol–water partition coefficient (Wildman–Crippen LogP) is 4.13. The molecule has 200 valence electrons. The molecular formula is C26H25N7O5S. The van der Waals surface area contributed by atoms with E-state index < -0.39 is 10.8 Å². The molecule has 12 nitrogen and oxygen atoms in total. The van der Waals surface area contributed by atoms with Gasteiger partial charge < -0.3 is 9.64 Å². The number of Topliss-reactive ketones (excluding diaryl/α,β-unsaturated/α-hetero) is 2. The van der Waals surface area contributed by atoms with Crippen molar-refractivity contribution in [1.29, 1.82) is 0 Å². The lowest BCUT2D eigenvalue weighted by atomic mass is 10.1. The van der Waals surface area contributed by atoms with E-state index in [9.17, 15) is 19.7 Å². The molecule has 13 heteroatoms. The second-order valence-corrected chi connectivity index (χ2v) is 9.89. The third-order valence-electron chi connectivity index (χ3n) is 6.51. The number of benzene rings is 2. The molecule has 4 aromatic rings. The molecular weight excluding hydrogens is 522 g/mol. The Morgan fingerprint density at radius 1 is 1.05 bits per heavy atom. The molecule has 0 radical (unpaired) electrons. The monoisotopic (exact) mass is 547 g/mol. The number of non-ortho nitro benzene ring substituents is 1. The number of aromatic nitrogens is 5. The second-order valence-electron chi connectivity index (χ2n) is 8.88. The van der Waals surface area contributed by atoms with E-state index in [2.05, 4.69) is 39.3 Å². The zero-order valence-corrected chi connectivity index (χ0v) is 22.1. The Kier molecular flexibility index (Phi) is 7.41. The highest BCUT2D eigenvalue weighted by atomic mass is 32.1. The number of hydrogen-bond acceptors (Lipinski definition) is 11. The molecule has 0 saturated heterocycles. The number of carbonyl (C=O) groups excluding carboxylic acids is 2. The number of carbonyl (C=O) groups is 2. The van der Waals surface area contributed by atoms with E-state index in [0.29, 0.717) is 32.7 Å². The van der Waals surface area contributed by atoms with Crippen LogP contribution >= 0.6 is 11.3 Å². The Morgan fingerprint density at radius 2 is 1.77 bits per heavy atom. The third kappa shape index (κ3) is 5.39. The van der Waals surface area contributed by atoms with Crippen molar-refractivity contribution in [2.45, 2.75) is 39.2 Å². The summed E-state index contributed by atoms with van der Waals surface area (Å²) in [5.74, 6) is -0.514. The highest BCUT2D eigenvalue weighted by Crippen LogP contribution is 2.39. The number of ether oxygens (including phenoxy) is 1. The molecule has 2 aromatic carbocycles. The first-order valence-electron chi connectivity index (χ1n) is 12.4. The number of nitrogens with zero attached hydrogens (tertiary/aromatic N) is 7. The van der Waals surface area contributed by atoms with Gasteiger partial charge >= 0.3 is 0 Å². The fourth-order valence-electron chi connectivity index (χ4n) is 4.41. The standard InChI is InChI=1S/C26H25N7O5S/c1-3-31(4-2)19-9-10-20(25-28-29-26(39-25)24-21(34)11-12-22(24)35)23(13-19)38-15-16-14-32(30-27-16)17-5-7-18(8-6-17)33(36)37/h5-10,13-14,24H,3-4,11-12,15H2,1-2H3. The maximum atomic E-state index is 12.2. The average Bonchev–Trinajstić information content (AvgIpc) is 3.69. The van der Waals surface area contributed by atoms with E-state index in [1.54, 1.807) is 18.3 Å². The van der Waals surface area contributed by atoms with Crippen LogP contribution in [0.5, 0.6) is 5.75 Å². The van der Waals surface area contributed by atoms with Gasteiger partial charge in [-0.05, 0) is 38.1 Å². The van der Waals surface area contributed by atoms with Crippen LogP contribution in [0.3, 0.4) is 0 Å². The summed E-state index contributed by atoms with van der Waals surface area (Å²) in [6.45, 7) is 5.87. The van der Waals surface area contributed by atoms with Crippen LogP contribution in [0.2, 0.25) is 0 Å². The van der Waals surface area contributed by atoms with Gasteiger partial charge in [0.25, 0.3) is 5.69 Å². The zero-order chi connectivity index (χ0) is 27.5. The molecule has 1 aliphatic carbocycles. The van der Waals surface area contributed by atoms with Crippen LogP contribution in [0.25, 0.3) is 16.3 Å². The van der Waals surface area contributed by atoms with E-state index in [0.717, 1.165) is 18.8 Å². The van der Waals surface area contributed by atoms with Crippen LogP contribution in [0, 0.1) is 10.1 Å². The highest BCUT2D eigenvalue weighted by Gasteiger charge is 2.37. The van der Waals surface area contributed by atoms with Gasteiger partial charge in [-0.3, -0.25) is 19.7 Å². The number of ketones is 2. The van der Waals surface area contributed by atoms with Crippen molar-refractivity contribution in [2.75, 3.05) is 18.0 Å². The van der Waals surface area contributed by atoms with Crippen molar-refractivity contribution in [3.63, 3.8) is 0 Å².